The Balaban J connectivity index is 2.53. The van der Waals surface area contributed by atoms with Crippen LogP contribution in [0.25, 0.3) is 0 Å². The predicted octanol–water partition coefficient (Wildman–Crippen LogP) is 1.51. The van der Waals surface area contributed by atoms with E-state index in [4.69, 9.17) is 4.74 Å². The minimum absolute atomic E-state index is 0.0624. The van der Waals surface area contributed by atoms with Gasteiger partial charge in [-0.1, -0.05) is 13.8 Å². The average Bonchev–Trinajstić information content (AvgIpc) is 2.59. The van der Waals surface area contributed by atoms with Crippen LogP contribution in [0.3, 0.4) is 0 Å². The van der Waals surface area contributed by atoms with E-state index in [0.717, 1.165) is 12.8 Å². The van der Waals surface area contributed by atoms with Crippen molar-refractivity contribution in [2.45, 2.75) is 33.1 Å². The summed E-state index contributed by atoms with van der Waals surface area (Å²) in [6.45, 7) is 6.38. The molecule has 1 aromatic heterocycles. The SMILES string of the molecule is COCCCNC(=O)CCN(CCC(C)C)C(=O)c1cnccn1. The Hall–Kier alpha value is -2.02. The van der Waals surface area contributed by atoms with Gasteiger partial charge in [-0.3, -0.25) is 14.6 Å². The molecular weight excluding hydrogens is 308 g/mol. The molecule has 1 rings (SSSR count). The molecule has 0 saturated carbocycles. The molecule has 7 heteroatoms. The summed E-state index contributed by atoms with van der Waals surface area (Å²) < 4.78 is 4.94. The first-order chi connectivity index (χ1) is 11.5. The van der Waals surface area contributed by atoms with Crippen LogP contribution in [0, 0.1) is 5.92 Å². The molecule has 2 amide bonds. The van der Waals surface area contributed by atoms with Gasteiger partial charge in [-0.15, -0.1) is 0 Å². The summed E-state index contributed by atoms with van der Waals surface area (Å²) in [5, 5.41) is 2.83. The van der Waals surface area contributed by atoms with E-state index in [1.165, 1.54) is 18.6 Å². The summed E-state index contributed by atoms with van der Waals surface area (Å²) in [5.74, 6) is 0.230. The molecule has 0 saturated heterocycles. The number of hydrogen-bond donors (Lipinski definition) is 1. The lowest BCUT2D eigenvalue weighted by Gasteiger charge is -2.23. The summed E-state index contributed by atoms with van der Waals surface area (Å²) in [6, 6.07) is 0. The van der Waals surface area contributed by atoms with E-state index >= 15 is 0 Å². The number of nitrogens with one attached hydrogen (secondary N) is 1. The molecule has 0 aliphatic carbocycles. The Kier molecular flexibility index (Phi) is 9.60. The van der Waals surface area contributed by atoms with E-state index in [9.17, 15) is 9.59 Å². The topological polar surface area (TPSA) is 84.4 Å². The third kappa shape index (κ3) is 8.01. The molecule has 7 nitrogen and oxygen atoms in total. The first-order valence-electron chi connectivity index (χ1n) is 8.35. The number of nitrogens with zero attached hydrogens (tertiary/aromatic N) is 3. The lowest BCUT2D eigenvalue weighted by Crippen LogP contribution is -2.37. The minimum Gasteiger partial charge on any atom is -0.385 e. The van der Waals surface area contributed by atoms with Gasteiger partial charge < -0.3 is 15.0 Å². The van der Waals surface area contributed by atoms with Crippen molar-refractivity contribution in [3.63, 3.8) is 0 Å². The zero-order valence-electron chi connectivity index (χ0n) is 14.8. The fourth-order valence-corrected chi connectivity index (χ4v) is 2.07. The van der Waals surface area contributed by atoms with Gasteiger partial charge in [0, 0.05) is 52.2 Å². The van der Waals surface area contributed by atoms with E-state index < -0.39 is 0 Å². The van der Waals surface area contributed by atoms with E-state index in [0.29, 0.717) is 37.9 Å². The molecule has 1 heterocycles. The summed E-state index contributed by atoms with van der Waals surface area (Å²) >= 11 is 0. The zero-order chi connectivity index (χ0) is 17.8. The highest BCUT2D eigenvalue weighted by molar-refractivity contribution is 5.92. The minimum atomic E-state index is -0.184. The maximum Gasteiger partial charge on any atom is 0.274 e. The Morgan fingerprint density at radius 1 is 1.29 bits per heavy atom. The van der Waals surface area contributed by atoms with Crippen LogP contribution < -0.4 is 5.32 Å². The van der Waals surface area contributed by atoms with Gasteiger partial charge >= 0.3 is 0 Å². The smallest absolute Gasteiger partial charge is 0.274 e. The number of carbonyl (C=O) groups excluding carboxylic acids is 2. The zero-order valence-corrected chi connectivity index (χ0v) is 14.8. The van der Waals surface area contributed by atoms with Gasteiger partial charge in [0.25, 0.3) is 5.91 Å². The van der Waals surface area contributed by atoms with Crippen LogP contribution in [-0.2, 0) is 9.53 Å². The van der Waals surface area contributed by atoms with E-state index in [2.05, 4.69) is 29.1 Å². The van der Waals surface area contributed by atoms with E-state index in [-0.39, 0.29) is 18.2 Å². The molecule has 0 spiro atoms. The monoisotopic (exact) mass is 336 g/mol. The quantitative estimate of drug-likeness (QED) is 0.619. The molecule has 134 valence electrons. The molecule has 0 aromatic carbocycles. The molecule has 24 heavy (non-hydrogen) atoms. The van der Waals surface area contributed by atoms with E-state index in [1.807, 2.05) is 0 Å². The van der Waals surface area contributed by atoms with Crippen molar-refractivity contribution >= 4 is 11.8 Å². The van der Waals surface area contributed by atoms with Crippen molar-refractivity contribution in [2.75, 3.05) is 33.4 Å². The molecule has 0 aliphatic heterocycles. The molecule has 0 aliphatic rings. The van der Waals surface area contributed by atoms with Gasteiger partial charge in [-0.25, -0.2) is 4.98 Å². The molecule has 1 N–H and O–H groups in total. The lowest BCUT2D eigenvalue weighted by molar-refractivity contribution is -0.121. The maximum atomic E-state index is 12.5. The first kappa shape index (κ1) is 20.0. The largest absolute Gasteiger partial charge is 0.385 e. The first-order valence-corrected chi connectivity index (χ1v) is 8.35. The normalized spacial score (nSPS) is 10.7. The third-order valence-electron chi connectivity index (χ3n) is 3.50. The number of aromatic nitrogens is 2. The second kappa shape index (κ2) is 11.5. The Bertz CT molecular complexity index is 494. The Morgan fingerprint density at radius 3 is 2.71 bits per heavy atom. The fraction of sp³-hybridized carbons (Fsp3) is 0.647. The molecule has 0 unspecified atom stereocenters. The van der Waals surface area contributed by atoms with Crippen LogP contribution in [0.15, 0.2) is 18.6 Å². The van der Waals surface area contributed by atoms with Gasteiger partial charge in [-0.05, 0) is 18.8 Å². The third-order valence-corrected chi connectivity index (χ3v) is 3.50. The van der Waals surface area contributed by atoms with Crippen LogP contribution >= 0.6 is 0 Å². The summed E-state index contributed by atoms with van der Waals surface area (Å²) in [6.07, 6.45) is 6.41. The number of ether oxygens (including phenoxy) is 1. The molecule has 0 atom stereocenters. The van der Waals surface area contributed by atoms with Crippen LogP contribution in [0.5, 0.6) is 0 Å². The van der Waals surface area contributed by atoms with Crippen molar-refractivity contribution in [2.24, 2.45) is 5.92 Å². The molecule has 0 bridgehead atoms. The van der Waals surface area contributed by atoms with Crippen molar-refractivity contribution in [1.29, 1.82) is 0 Å². The van der Waals surface area contributed by atoms with Crippen molar-refractivity contribution in [1.82, 2.24) is 20.2 Å². The molecular formula is C17H28N4O3. The highest BCUT2D eigenvalue weighted by Crippen LogP contribution is 2.07. The fourth-order valence-electron chi connectivity index (χ4n) is 2.07. The van der Waals surface area contributed by atoms with Crippen molar-refractivity contribution < 1.29 is 14.3 Å². The van der Waals surface area contributed by atoms with Crippen LogP contribution in [0.1, 0.15) is 43.6 Å². The average molecular weight is 336 g/mol. The van der Waals surface area contributed by atoms with Crippen LogP contribution in [-0.4, -0.2) is 60.0 Å². The number of rotatable bonds is 11. The number of hydrogen-bond acceptors (Lipinski definition) is 5. The van der Waals surface area contributed by atoms with Gasteiger partial charge in [0.2, 0.25) is 5.91 Å². The van der Waals surface area contributed by atoms with E-state index in [1.54, 1.807) is 12.0 Å². The maximum absolute atomic E-state index is 12.5. The van der Waals surface area contributed by atoms with Gasteiger partial charge in [-0.2, -0.15) is 0 Å². The summed E-state index contributed by atoms with van der Waals surface area (Å²) in [7, 11) is 1.63. The second-order valence-electron chi connectivity index (χ2n) is 6.01. The summed E-state index contributed by atoms with van der Waals surface area (Å²) in [5.41, 5.74) is 0.307. The second-order valence-corrected chi connectivity index (χ2v) is 6.01. The molecule has 0 fully saturated rings. The highest BCUT2D eigenvalue weighted by atomic mass is 16.5. The highest BCUT2D eigenvalue weighted by Gasteiger charge is 2.18. The number of carbonyl (C=O) groups is 2. The van der Waals surface area contributed by atoms with Crippen LogP contribution in [0.4, 0.5) is 0 Å². The van der Waals surface area contributed by atoms with Crippen molar-refractivity contribution in [3.8, 4) is 0 Å². The van der Waals surface area contributed by atoms with Crippen molar-refractivity contribution in [3.05, 3.63) is 24.3 Å². The Labute approximate surface area is 143 Å². The summed E-state index contributed by atoms with van der Waals surface area (Å²) in [4.78, 5) is 34.1. The van der Waals surface area contributed by atoms with Crippen LogP contribution in [0.2, 0.25) is 0 Å². The Morgan fingerprint density at radius 2 is 2.08 bits per heavy atom. The standard InChI is InChI=1S/C17H28N4O3/c1-14(2)5-10-21(17(23)15-13-18-8-9-19-15)11-6-16(22)20-7-4-12-24-3/h8-9,13-14H,4-7,10-12H2,1-3H3,(H,20,22). The predicted molar refractivity (Wildman–Crippen MR) is 91.5 cm³/mol. The van der Waals surface area contributed by atoms with Gasteiger partial charge in [0.15, 0.2) is 0 Å². The molecule has 1 aromatic rings. The number of methoxy groups -OCH3 is 1. The van der Waals surface area contributed by atoms with Gasteiger partial charge in [0.05, 0.1) is 6.20 Å². The number of amides is 2. The molecule has 0 radical (unpaired) electrons. The van der Waals surface area contributed by atoms with Gasteiger partial charge in [0.1, 0.15) is 5.69 Å². The lowest BCUT2D eigenvalue weighted by atomic mass is 10.1.